The van der Waals surface area contributed by atoms with Crippen molar-refractivity contribution in [1.29, 1.82) is 0 Å². The highest BCUT2D eigenvalue weighted by Crippen LogP contribution is 2.32. The molecule has 27 heavy (non-hydrogen) atoms. The van der Waals surface area contributed by atoms with Crippen molar-refractivity contribution >= 4 is 33.7 Å². The van der Waals surface area contributed by atoms with Crippen LogP contribution in [0.4, 0.5) is 0 Å². The maximum Gasteiger partial charge on any atom is 0.256 e. The van der Waals surface area contributed by atoms with E-state index in [1.165, 1.54) is 11.1 Å². The molecule has 1 saturated heterocycles. The number of hydrogen-bond donors (Lipinski definition) is 1. The standard InChI is InChI=1S/C19H16BrN3O4/c20-12-2-1-3-14(8-12)27-17-7-4-11(10-21-17)19(26)23(13-5-6-13)15-9-16(24)22-18(15)25/h1-4,7-8,10,13,15H,5-6,9H2,(H,22,24,25)/t15-/m0/s1. The van der Waals surface area contributed by atoms with Crippen molar-refractivity contribution in [2.24, 2.45) is 0 Å². The summed E-state index contributed by atoms with van der Waals surface area (Å²) in [5, 5.41) is 2.27. The molecule has 0 bridgehead atoms. The van der Waals surface area contributed by atoms with Crippen molar-refractivity contribution in [1.82, 2.24) is 15.2 Å². The van der Waals surface area contributed by atoms with E-state index >= 15 is 0 Å². The topological polar surface area (TPSA) is 88.6 Å². The van der Waals surface area contributed by atoms with Crippen LogP contribution in [0.1, 0.15) is 29.6 Å². The summed E-state index contributed by atoms with van der Waals surface area (Å²) in [6, 6.07) is 9.83. The van der Waals surface area contributed by atoms with Crippen LogP contribution < -0.4 is 10.1 Å². The smallest absolute Gasteiger partial charge is 0.256 e. The third-order valence-corrected chi connectivity index (χ3v) is 4.95. The average Bonchev–Trinajstić information content (AvgIpc) is 3.41. The van der Waals surface area contributed by atoms with E-state index in [0.29, 0.717) is 17.2 Å². The van der Waals surface area contributed by atoms with Crippen molar-refractivity contribution in [2.75, 3.05) is 0 Å². The van der Waals surface area contributed by atoms with Gasteiger partial charge in [0.2, 0.25) is 17.7 Å². The number of halogens is 1. The van der Waals surface area contributed by atoms with Gasteiger partial charge in [-0.3, -0.25) is 19.7 Å². The molecule has 4 rings (SSSR count). The van der Waals surface area contributed by atoms with Gasteiger partial charge in [0.15, 0.2) is 0 Å². The second-order valence-electron chi connectivity index (χ2n) is 6.52. The normalized spacial score (nSPS) is 18.9. The maximum absolute atomic E-state index is 12.9. The number of benzene rings is 1. The number of carbonyl (C=O) groups excluding carboxylic acids is 3. The van der Waals surface area contributed by atoms with Crippen molar-refractivity contribution in [3.8, 4) is 11.6 Å². The summed E-state index contributed by atoms with van der Waals surface area (Å²) in [4.78, 5) is 42.2. The van der Waals surface area contributed by atoms with Gasteiger partial charge in [0, 0.05) is 22.8 Å². The number of nitrogens with one attached hydrogen (secondary N) is 1. The van der Waals surface area contributed by atoms with Crippen molar-refractivity contribution in [2.45, 2.75) is 31.3 Å². The number of amides is 3. The van der Waals surface area contributed by atoms with E-state index in [-0.39, 0.29) is 24.3 Å². The molecule has 1 aromatic heterocycles. The summed E-state index contributed by atoms with van der Waals surface area (Å²) < 4.78 is 6.56. The minimum Gasteiger partial charge on any atom is -0.439 e. The van der Waals surface area contributed by atoms with E-state index in [9.17, 15) is 14.4 Å². The van der Waals surface area contributed by atoms with E-state index in [2.05, 4.69) is 26.2 Å². The molecule has 0 spiro atoms. The summed E-state index contributed by atoms with van der Waals surface area (Å²) >= 11 is 3.38. The van der Waals surface area contributed by atoms with Crippen molar-refractivity contribution in [3.63, 3.8) is 0 Å². The fraction of sp³-hybridized carbons (Fsp3) is 0.263. The highest BCUT2D eigenvalue weighted by Gasteiger charge is 2.44. The third-order valence-electron chi connectivity index (χ3n) is 4.46. The molecule has 3 amide bonds. The second kappa shape index (κ2) is 7.11. The molecule has 2 fully saturated rings. The molecular weight excluding hydrogens is 414 g/mol. The summed E-state index contributed by atoms with van der Waals surface area (Å²) in [6.45, 7) is 0. The van der Waals surface area contributed by atoms with Gasteiger partial charge in [0.1, 0.15) is 11.8 Å². The fourth-order valence-corrected chi connectivity index (χ4v) is 3.42. The van der Waals surface area contributed by atoms with Crippen LogP contribution >= 0.6 is 15.9 Å². The predicted octanol–water partition coefficient (Wildman–Crippen LogP) is 2.66. The Morgan fingerprint density at radius 2 is 2.04 bits per heavy atom. The predicted molar refractivity (Wildman–Crippen MR) is 99.2 cm³/mol. The first-order valence-corrected chi connectivity index (χ1v) is 9.36. The first-order chi connectivity index (χ1) is 13.0. The van der Waals surface area contributed by atoms with Crippen LogP contribution in [0.2, 0.25) is 0 Å². The Kier molecular flexibility index (Phi) is 4.65. The molecule has 1 atom stereocenters. The minimum absolute atomic E-state index is 0.00301. The number of aromatic nitrogens is 1. The van der Waals surface area contributed by atoms with Gasteiger partial charge in [0.25, 0.3) is 5.91 Å². The zero-order valence-electron chi connectivity index (χ0n) is 14.2. The van der Waals surface area contributed by atoms with Gasteiger partial charge >= 0.3 is 0 Å². The van der Waals surface area contributed by atoms with Gasteiger partial charge < -0.3 is 9.64 Å². The molecule has 2 aliphatic rings. The Hall–Kier alpha value is -2.74. The van der Waals surface area contributed by atoms with Crippen LogP contribution in [0.3, 0.4) is 0 Å². The van der Waals surface area contributed by atoms with Crippen molar-refractivity contribution < 1.29 is 19.1 Å². The Morgan fingerprint density at radius 3 is 2.63 bits per heavy atom. The van der Waals surface area contributed by atoms with E-state index < -0.39 is 11.9 Å². The van der Waals surface area contributed by atoms with Gasteiger partial charge in [0.05, 0.1) is 12.0 Å². The lowest BCUT2D eigenvalue weighted by Gasteiger charge is -2.26. The summed E-state index contributed by atoms with van der Waals surface area (Å²) in [7, 11) is 0. The fourth-order valence-electron chi connectivity index (χ4n) is 3.05. The van der Waals surface area contributed by atoms with E-state index in [0.717, 1.165) is 17.3 Å². The largest absolute Gasteiger partial charge is 0.439 e. The third kappa shape index (κ3) is 3.85. The number of ether oxygens (including phenoxy) is 1. The molecule has 2 aromatic rings. The molecule has 138 valence electrons. The lowest BCUT2D eigenvalue weighted by Crippen LogP contribution is -2.45. The first kappa shape index (κ1) is 17.7. The van der Waals surface area contributed by atoms with Gasteiger partial charge in [-0.15, -0.1) is 0 Å². The molecule has 7 nitrogen and oxygen atoms in total. The minimum atomic E-state index is -0.741. The molecule has 8 heteroatoms. The van der Waals surface area contributed by atoms with Gasteiger partial charge in [-0.25, -0.2) is 4.98 Å². The van der Waals surface area contributed by atoms with Crippen LogP contribution in [0.15, 0.2) is 47.1 Å². The molecule has 1 N–H and O–H groups in total. The number of hydrogen-bond acceptors (Lipinski definition) is 5. The van der Waals surface area contributed by atoms with Gasteiger partial charge in [-0.2, -0.15) is 0 Å². The highest BCUT2D eigenvalue weighted by molar-refractivity contribution is 9.10. The first-order valence-electron chi connectivity index (χ1n) is 8.57. The quantitative estimate of drug-likeness (QED) is 0.737. The lowest BCUT2D eigenvalue weighted by molar-refractivity contribution is -0.126. The van der Waals surface area contributed by atoms with Crippen LogP contribution in [0, 0.1) is 0 Å². The van der Waals surface area contributed by atoms with Crippen LogP contribution in [-0.4, -0.2) is 39.7 Å². The van der Waals surface area contributed by atoms with Crippen LogP contribution in [-0.2, 0) is 9.59 Å². The number of nitrogens with zero attached hydrogens (tertiary/aromatic N) is 2. The van der Waals surface area contributed by atoms with Gasteiger partial charge in [-0.1, -0.05) is 22.0 Å². The lowest BCUT2D eigenvalue weighted by atomic mass is 10.1. The molecule has 0 radical (unpaired) electrons. The molecule has 1 saturated carbocycles. The highest BCUT2D eigenvalue weighted by atomic mass is 79.9. The zero-order valence-corrected chi connectivity index (χ0v) is 15.8. The Labute approximate surface area is 163 Å². The van der Waals surface area contributed by atoms with Crippen molar-refractivity contribution in [3.05, 3.63) is 52.6 Å². The number of carbonyl (C=O) groups is 3. The number of imide groups is 1. The molecule has 1 aliphatic heterocycles. The summed E-state index contributed by atoms with van der Waals surface area (Å²) in [5.41, 5.74) is 0.357. The summed E-state index contributed by atoms with van der Waals surface area (Å²) in [5.74, 6) is -0.0795. The maximum atomic E-state index is 12.9. The van der Waals surface area contributed by atoms with E-state index in [1.54, 1.807) is 18.2 Å². The van der Waals surface area contributed by atoms with E-state index in [4.69, 9.17) is 4.74 Å². The number of pyridine rings is 1. The molecule has 1 aromatic carbocycles. The summed E-state index contributed by atoms with van der Waals surface area (Å²) in [6.07, 6.45) is 3.11. The number of rotatable bonds is 5. The molecule has 1 aliphatic carbocycles. The van der Waals surface area contributed by atoms with E-state index in [1.807, 2.05) is 18.2 Å². The zero-order chi connectivity index (χ0) is 19.0. The Balaban J connectivity index is 1.51. The Bertz CT molecular complexity index is 911. The molecule has 2 heterocycles. The Morgan fingerprint density at radius 1 is 1.22 bits per heavy atom. The monoisotopic (exact) mass is 429 g/mol. The average molecular weight is 430 g/mol. The van der Waals surface area contributed by atoms with Crippen LogP contribution in [0.25, 0.3) is 0 Å². The SMILES string of the molecule is O=C1C[C@H](N(C(=O)c2ccc(Oc3cccc(Br)c3)nc2)C2CC2)C(=O)N1. The second-order valence-corrected chi connectivity index (χ2v) is 7.44. The molecular formula is C19H16BrN3O4. The van der Waals surface area contributed by atoms with Crippen LogP contribution in [0.5, 0.6) is 11.6 Å². The van der Waals surface area contributed by atoms with Gasteiger partial charge in [-0.05, 0) is 37.1 Å². The molecule has 0 unspecified atom stereocenters.